The molecule has 2 saturated heterocycles. The van der Waals surface area contributed by atoms with Gasteiger partial charge in [0.05, 0.1) is 0 Å². The number of carbonyl (C=O) groups is 1. The molecule has 0 spiro atoms. The van der Waals surface area contributed by atoms with Crippen molar-refractivity contribution in [3.8, 4) is 0 Å². The lowest BCUT2D eigenvalue weighted by Crippen LogP contribution is -2.55. The first-order valence-corrected chi connectivity index (χ1v) is 11.9. The van der Waals surface area contributed by atoms with Crippen LogP contribution in [0, 0.1) is 11.8 Å². The van der Waals surface area contributed by atoms with Crippen molar-refractivity contribution in [1.29, 1.82) is 0 Å². The van der Waals surface area contributed by atoms with Gasteiger partial charge in [0.25, 0.3) is 0 Å². The number of hydrogen-bond acceptors (Lipinski definition) is 4. The van der Waals surface area contributed by atoms with Crippen molar-refractivity contribution in [2.45, 2.75) is 51.7 Å². The number of nitrogens with zero attached hydrogens (tertiary/aromatic N) is 3. The Kier molecular flexibility index (Phi) is 7.71. The van der Waals surface area contributed by atoms with Crippen LogP contribution >= 0.6 is 0 Å². The van der Waals surface area contributed by atoms with E-state index < -0.39 is 0 Å². The summed E-state index contributed by atoms with van der Waals surface area (Å²) < 4.78 is 0. The van der Waals surface area contributed by atoms with Gasteiger partial charge in [-0.25, -0.2) is 0 Å². The molecule has 1 aromatic carbocycles. The van der Waals surface area contributed by atoms with E-state index in [0.717, 1.165) is 44.9 Å². The first kappa shape index (κ1) is 22.0. The van der Waals surface area contributed by atoms with Crippen LogP contribution in [0.25, 0.3) is 0 Å². The maximum Gasteiger partial charge on any atom is 0.222 e. The van der Waals surface area contributed by atoms with Crippen molar-refractivity contribution in [2.75, 3.05) is 26.2 Å². The predicted octanol–water partition coefficient (Wildman–Crippen LogP) is 3.71. The zero-order valence-electron chi connectivity index (χ0n) is 18.7. The number of nitrogens with one attached hydrogen (secondary N) is 1. The normalized spacial score (nSPS) is 23.5. The van der Waals surface area contributed by atoms with E-state index in [9.17, 15) is 4.79 Å². The molecule has 0 radical (unpaired) electrons. The molecule has 5 nitrogen and oxygen atoms in total. The van der Waals surface area contributed by atoms with Crippen molar-refractivity contribution < 1.29 is 4.79 Å². The van der Waals surface area contributed by atoms with E-state index in [1.807, 2.05) is 41.6 Å². The molecule has 1 aromatic heterocycles. The molecule has 2 bridgehead atoms. The summed E-state index contributed by atoms with van der Waals surface area (Å²) in [6, 6.07) is 15.0. The summed E-state index contributed by atoms with van der Waals surface area (Å²) >= 11 is 0. The molecule has 3 heterocycles. The van der Waals surface area contributed by atoms with Gasteiger partial charge in [-0.3, -0.25) is 14.7 Å². The van der Waals surface area contributed by atoms with Gasteiger partial charge in [0.15, 0.2) is 0 Å². The number of carbonyl (C=O) groups excluding carboxylic acids is 1. The third kappa shape index (κ3) is 6.14. The second-order valence-electron chi connectivity index (χ2n) is 9.22. The van der Waals surface area contributed by atoms with E-state index in [-0.39, 0.29) is 5.91 Å². The van der Waals surface area contributed by atoms with E-state index in [1.165, 1.54) is 24.1 Å². The number of benzene rings is 1. The number of hydrogen-bond donors (Lipinski definition) is 1. The van der Waals surface area contributed by atoms with Crippen LogP contribution in [0.5, 0.6) is 0 Å². The van der Waals surface area contributed by atoms with E-state index in [4.69, 9.17) is 0 Å². The molecule has 5 heteroatoms. The zero-order valence-corrected chi connectivity index (χ0v) is 18.7. The van der Waals surface area contributed by atoms with Crippen molar-refractivity contribution in [3.63, 3.8) is 0 Å². The van der Waals surface area contributed by atoms with Gasteiger partial charge in [-0.15, -0.1) is 0 Å². The molecule has 0 aliphatic carbocycles. The smallest absolute Gasteiger partial charge is 0.222 e. The van der Waals surface area contributed by atoms with Crippen LogP contribution in [0.15, 0.2) is 54.9 Å². The van der Waals surface area contributed by atoms with Crippen molar-refractivity contribution in [1.82, 2.24) is 20.1 Å². The average molecular weight is 421 g/mol. The maximum absolute atomic E-state index is 12.8. The van der Waals surface area contributed by atoms with E-state index >= 15 is 0 Å². The Hall–Kier alpha value is -2.24. The quantitative estimate of drug-likeness (QED) is 0.672. The highest BCUT2D eigenvalue weighted by Gasteiger charge is 2.36. The van der Waals surface area contributed by atoms with Gasteiger partial charge < -0.3 is 10.2 Å². The minimum absolute atomic E-state index is 0.280. The highest BCUT2D eigenvalue weighted by atomic mass is 16.2. The van der Waals surface area contributed by atoms with Crippen molar-refractivity contribution in [2.24, 2.45) is 11.8 Å². The SMILES string of the molecule is CCN(Cc1ccccc1)C(=O)CCC[C@H]1NCC2CC1CN(Cc1cccnc1)C2. The van der Waals surface area contributed by atoms with Gasteiger partial charge >= 0.3 is 0 Å². The summed E-state index contributed by atoms with van der Waals surface area (Å²) in [6.45, 7) is 7.97. The van der Waals surface area contributed by atoms with Gasteiger partial charge in [-0.2, -0.15) is 0 Å². The Morgan fingerprint density at radius 3 is 2.77 bits per heavy atom. The molecule has 2 unspecified atom stereocenters. The molecule has 0 saturated carbocycles. The molecule has 2 fully saturated rings. The Labute approximate surface area is 186 Å². The van der Waals surface area contributed by atoms with Gasteiger partial charge in [0.2, 0.25) is 5.91 Å². The summed E-state index contributed by atoms with van der Waals surface area (Å²) in [5, 5.41) is 3.80. The lowest BCUT2D eigenvalue weighted by molar-refractivity contribution is -0.131. The van der Waals surface area contributed by atoms with Crippen LogP contribution < -0.4 is 5.32 Å². The van der Waals surface area contributed by atoms with Crippen molar-refractivity contribution in [3.05, 3.63) is 66.0 Å². The molecule has 2 aliphatic heterocycles. The number of pyridine rings is 1. The monoisotopic (exact) mass is 420 g/mol. The van der Waals surface area contributed by atoms with Gasteiger partial charge in [0, 0.05) is 57.6 Å². The number of rotatable bonds is 9. The first-order chi connectivity index (χ1) is 15.2. The standard InChI is InChI=1S/C26H36N4O/c1-2-30(19-21-8-4-3-5-9-21)26(31)12-6-11-25-24-14-23(16-28-25)18-29(20-24)17-22-10-7-13-27-15-22/h3-5,7-10,13,15,23-25,28H,2,6,11-12,14,16-20H2,1H3/t23?,24?,25-/m1/s1. The summed E-state index contributed by atoms with van der Waals surface area (Å²) in [6.07, 6.45) is 7.85. The minimum Gasteiger partial charge on any atom is -0.339 e. The first-order valence-electron chi connectivity index (χ1n) is 11.9. The van der Waals surface area contributed by atoms with E-state index in [1.54, 1.807) is 0 Å². The third-order valence-electron chi connectivity index (χ3n) is 6.87. The topological polar surface area (TPSA) is 48.5 Å². The number of fused-ring (bicyclic) bond motifs is 2. The predicted molar refractivity (Wildman–Crippen MR) is 124 cm³/mol. The molecular weight excluding hydrogens is 384 g/mol. The van der Waals surface area contributed by atoms with E-state index in [2.05, 4.69) is 40.3 Å². The fourth-order valence-electron chi connectivity index (χ4n) is 5.30. The van der Waals surface area contributed by atoms with Gasteiger partial charge in [0.1, 0.15) is 0 Å². The number of aromatic nitrogens is 1. The van der Waals surface area contributed by atoms with Gasteiger partial charge in [-0.05, 0) is 61.8 Å². The van der Waals surface area contributed by atoms with Crippen LogP contribution in [0.1, 0.15) is 43.7 Å². The highest BCUT2D eigenvalue weighted by molar-refractivity contribution is 5.76. The largest absolute Gasteiger partial charge is 0.339 e. The van der Waals surface area contributed by atoms with Crippen LogP contribution in [-0.2, 0) is 17.9 Å². The number of likely N-dealkylation sites (tertiary alicyclic amines) is 1. The molecule has 3 atom stereocenters. The summed E-state index contributed by atoms with van der Waals surface area (Å²) in [7, 11) is 0. The summed E-state index contributed by atoms with van der Waals surface area (Å²) in [5.41, 5.74) is 2.50. The number of amides is 1. The second kappa shape index (κ2) is 10.9. The molecule has 166 valence electrons. The number of piperidine rings is 2. The Morgan fingerprint density at radius 2 is 2.00 bits per heavy atom. The lowest BCUT2D eigenvalue weighted by atomic mass is 9.79. The van der Waals surface area contributed by atoms with Crippen LogP contribution in [0.2, 0.25) is 0 Å². The minimum atomic E-state index is 0.280. The fourth-order valence-corrected chi connectivity index (χ4v) is 5.30. The van der Waals surface area contributed by atoms with Crippen LogP contribution in [0.4, 0.5) is 0 Å². The summed E-state index contributed by atoms with van der Waals surface area (Å²) in [5.74, 6) is 1.71. The fraction of sp³-hybridized carbons (Fsp3) is 0.538. The highest BCUT2D eigenvalue weighted by Crippen LogP contribution is 2.31. The molecule has 1 amide bonds. The molecule has 1 N–H and O–H groups in total. The third-order valence-corrected chi connectivity index (χ3v) is 6.87. The van der Waals surface area contributed by atoms with Crippen molar-refractivity contribution >= 4 is 5.91 Å². The maximum atomic E-state index is 12.8. The van der Waals surface area contributed by atoms with E-state index in [0.29, 0.717) is 24.9 Å². The molecule has 4 rings (SSSR count). The molecular formula is C26H36N4O. The second-order valence-corrected chi connectivity index (χ2v) is 9.22. The Balaban J connectivity index is 1.24. The molecule has 31 heavy (non-hydrogen) atoms. The Morgan fingerprint density at radius 1 is 1.16 bits per heavy atom. The molecule has 2 aliphatic rings. The van der Waals surface area contributed by atoms with Crippen LogP contribution in [0.3, 0.4) is 0 Å². The van der Waals surface area contributed by atoms with Gasteiger partial charge in [-0.1, -0.05) is 36.4 Å². The zero-order chi connectivity index (χ0) is 21.5. The summed E-state index contributed by atoms with van der Waals surface area (Å²) in [4.78, 5) is 21.6. The Bertz CT molecular complexity index is 813. The lowest BCUT2D eigenvalue weighted by Gasteiger charge is -2.46. The van der Waals surface area contributed by atoms with Crippen LogP contribution in [-0.4, -0.2) is 52.9 Å². The molecule has 2 aromatic rings. The average Bonchev–Trinajstić information content (AvgIpc) is 2.80.